The second-order valence-corrected chi connectivity index (χ2v) is 4.25. The smallest absolute Gasteiger partial charge is 0.267 e. The summed E-state index contributed by atoms with van der Waals surface area (Å²) in [5.41, 5.74) is 1.31. The molecule has 6 nitrogen and oxygen atoms in total. The Bertz CT molecular complexity index is 860. The van der Waals surface area contributed by atoms with Crippen LogP contribution in [0.2, 0.25) is 0 Å². The van der Waals surface area contributed by atoms with Crippen molar-refractivity contribution in [3.63, 3.8) is 0 Å². The fraction of sp³-hybridized carbons (Fsp3) is 0.154. The van der Waals surface area contributed by atoms with Crippen LogP contribution in [0.4, 0.5) is 0 Å². The summed E-state index contributed by atoms with van der Waals surface area (Å²) in [6.45, 7) is 0. The van der Waals surface area contributed by atoms with Gasteiger partial charge in [-0.1, -0.05) is 6.07 Å². The van der Waals surface area contributed by atoms with Crippen LogP contribution >= 0.6 is 0 Å². The van der Waals surface area contributed by atoms with Gasteiger partial charge in [0.05, 0.1) is 5.39 Å². The van der Waals surface area contributed by atoms with Gasteiger partial charge >= 0.3 is 0 Å². The van der Waals surface area contributed by atoms with Gasteiger partial charge in [0.25, 0.3) is 11.5 Å². The van der Waals surface area contributed by atoms with Crippen molar-refractivity contribution >= 4 is 22.6 Å². The van der Waals surface area contributed by atoms with Gasteiger partial charge in [-0.15, -0.1) is 0 Å². The molecule has 0 saturated carbocycles. The lowest BCUT2D eigenvalue weighted by molar-refractivity contribution is 0.0955. The first kappa shape index (κ1) is 11.5. The van der Waals surface area contributed by atoms with Crippen LogP contribution in [0.1, 0.15) is 10.5 Å². The molecule has 3 aromatic heterocycles. The molecular formula is C13H12N4O2. The summed E-state index contributed by atoms with van der Waals surface area (Å²) in [6.07, 6.45) is 1.66. The van der Waals surface area contributed by atoms with Crippen LogP contribution in [0.5, 0.6) is 0 Å². The molecule has 1 N–H and O–H groups in total. The molecule has 1 amide bonds. The Balaban J connectivity index is 2.48. The predicted octanol–water partition coefficient (Wildman–Crippen LogP) is 0.546. The van der Waals surface area contributed by atoms with Crippen molar-refractivity contribution < 1.29 is 4.79 Å². The van der Waals surface area contributed by atoms with E-state index in [0.717, 1.165) is 0 Å². The first-order valence-electron chi connectivity index (χ1n) is 5.82. The number of hydrogen-bond acceptors (Lipinski definition) is 3. The lowest BCUT2D eigenvalue weighted by atomic mass is 10.3. The SMILES string of the molecule is CNC(=O)c1cc2c(=O)n3ccccc3nc2n1C. The van der Waals surface area contributed by atoms with Crippen LogP contribution in [-0.2, 0) is 7.05 Å². The molecule has 3 heterocycles. The Morgan fingerprint density at radius 2 is 2.16 bits per heavy atom. The largest absolute Gasteiger partial charge is 0.354 e. The van der Waals surface area contributed by atoms with E-state index in [9.17, 15) is 9.59 Å². The summed E-state index contributed by atoms with van der Waals surface area (Å²) in [5.74, 6) is -0.242. The quantitative estimate of drug-likeness (QED) is 0.691. The van der Waals surface area contributed by atoms with Gasteiger partial charge in [-0.05, 0) is 18.2 Å². The van der Waals surface area contributed by atoms with E-state index in [0.29, 0.717) is 22.4 Å². The number of nitrogens with zero attached hydrogens (tertiary/aromatic N) is 3. The van der Waals surface area contributed by atoms with Crippen LogP contribution in [0.3, 0.4) is 0 Å². The van der Waals surface area contributed by atoms with Gasteiger partial charge in [0.2, 0.25) is 0 Å². The molecule has 0 saturated heterocycles. The molecule has 0 aliphatic rings. The van der Waals surface area contributed by atoms with Crippen molar-refractivity contribution in [3.05, 3.63) is 46.5 Å². The lowest BCUT2D eigenvalue weighted by Crippen LogP contribution is -2.20. The monoisotopic (exact) mass is 256 g/mol. The Labute approximate surface area is 108 Å². The number of pyridine rings is 1. The first-order chi connectivity index (χ1) is 9.13. The summed E-state index contributed by atoms with van der Waals surface area (Å²) in [6, 6.07) is 6.91. The second-order valence-electron chi connectivity index (χ2n) is 4.25. The van der Waals surface area contributed by atoms with E-state index in [1.807, 2.05) is 6.07 Å². The van der Waals surface area contributed by atoms with Crippen molar-refractivity contribution in [2.45, 2.75) is 0 Å². The number of rotatable bonds is 1. The van der Waals surface area contributed by atoms with Gasteiger partial charge in [-0.25, -0.2) is 4.98 Å². The number of amides is 1. The van der Waals surface area contributed by atoms with E-state index in [1.165, 1.54) is 4.40 Å². The summed E-state index contributed by atoms with van der Waals surface area (Å²) < 4.78 is 3.10. The van der Waals surface area contributed by atoms with Crippen molar-refractivity contribution in [1.29, 1.82) is 0 Å². The Morgan fingerprint density at radius 3 is 2.89 bits per heavy atom. The minimum absolute atomic E-state index is 0.175. The van der Waals surface area contributed by atoms with Crippen LogP contribution in [0, 0.1) is 0 Å². The Kier molecular flexibility index (Phi) is 2.38. The van der Waals surface area contributed by atoms with Crippen LogP contribution in [-0.4, -0.2) is 26.9 Å². The Hall–Kier alpha value is -2.63. The predicted molar refractivity (Wildman–Crippen MR) is 71.3 cm³/mol. The van der Waals surface area contributed by atoms with E-state index >= 15 is 0 Å². The van der Waals surface area contributed by atoms with Gasteiger partial charge < -0.3 is 9.88 Å². The Morgan fingerprint density at radius 1 is 1.37 bits per heavy atom. The zero-order valence-corrected chi connectivity index (χ0v) is 10.5. The lowest BCUT2D eigenvalue weighted by Gasteiger charge is -2.02. The highest BCUT2D eigenvalue weighted by Crippen LogP contribution is 2.14. The third kappa shape index (κ3) is 1.53. The van der Waals surface area contributed by atoms with E-state index in [2.05, 4.69) is 10.3 Å². The number of aryl methyl sites for hydroxylation is 1. The maximum atomic E-state index is 12.3. The molecule has 0 unspecified atom stereocenters. The van der Waals surface area contributed by atoms with E-state index in [-0.39, 0.29) is 11.5 Å². The molecule has 0 aliphatic heterocycles. The number of aromatic nitrogens is 3. The maximum absolute atomic E-state index is 12.3. The molecule has 19 heavy (non-hydrogen) atoms. The first-order valence-corrected chi connectivity index (χ1v) is 5.82. The molecule has 0 radical (unpaired) electrons. The van der Waals surface area contributed by atoms with Crippen molar-refractivity contribution in [3.8, 4) is 0 Å². The fourth-order valence-electron chi connectivity index (χ4n) is 2.17. The summed E-state index contributed by atoms with van der Waals surface area (Å²) >= 11 is 0. The summed E-state index contributed by atoms with van der Waals surface area (Å²) in [7, 11) is 3.27. The molecule has 3 rings (SSSR count). The third-order valence-electron chi connectivity index (χ3n) is 3.17. The second kappa shape index (κ2) is 3.94. The molecule has 0 aliphatic carbocycles. The minimum atomic E-state index is -0.242. The number of carbonyl (C=O) groups excluding carboxylic acids is 1. The normalized spacial score (nSPS) is 11.1. The molecule has 0 aromatic carbocycles. The number of fused-ring (bicyclic) bond motifs is 2. The van der Waals surface area contributed by atoms with Crippen molar-refractivity contribution in [2.24, 2.45) is 7.05 Å². The van der Waals surface area contributed by atoms with Crippen molar-refractivity contribution in [1.82, 2.24) is 19.3 Å². The molecule has 3 aromatic rings. The molecule has 6 heteroatoms. The molecule has 0 spiro atoms. The number of carbonyl (C=O) groups is 1. The fourth-order valence-corrected chi connectivity index (χ4v) is 2.17. The topological polar surface area (TPSA) is 68.4 Å². The zero-order chi connectivity index (χ0) is 13.6. The van der Waals surface area contributed by atoms with Gasteiger partial charge in [0.1, 0.15) is 17.0 Å². The van der Waals surface area contributed by atoms with Crippen LogP contribution < -0.4 is 10.9 Å². The third-order valence-corrected chi connectivity index (χ3v) is 3.17. The molecule has 0 bridgehead atoms. The van der Waals surface area contributed by atoms with Gasteiger partial charge in [-0.2, -0.15) is 0 Å². The van der Waals surface area contributed by atoms with E-state index < -0.39 is 0 Å². The maximum Gasteiger partial charge on any atom is 0.267 e. The van der Waals surface area contributed by atoms with Gasteiger partial charge in [0.15, 0.2) is 0 Å². The van der Waals surface area contributed by atoms with Crippen molar-refractivity contribution in [2.75, 3.05) is 7.05 Å². The summed E-state index contributed by atoms with van der Waals surface area (Å²) in [5, 5.41) is 2.98. The molecule has 0 fully saturated rings. The standard InChI is InChI=1S/C13H12N4O2/c1-14-12(18)9-7-8-11(16(9)2)15-10-5-3-4-6-17(10)13(8)19/h3-7H,1-2H3,(H,14,18). The van der Waals surface area contributed by atoms with Gasteiger partial charge in [-0.3, -0.25) is 14.0 Å². The van der Waals surface area contributed by atoms with E-state index in [4.69, 9.17) is 0 Å². The molecular weight excluding hydrogens is 244 g/mol. The van der Waals surface area contributed by atoms with Gasteiger partial charge in [0, 0.05) is 20.3 Å². The number of hydrogen-bond donors (Lipinski definition) is 1. The average Bonchev–Trinajstić information content (AvgIpc) is 2.76. The van der Waals surface area contributed by atoms with E-state index in [1.54, 1.807) is 43.1 Å². The highest BCUT2D eigenvalue weighted by molar-refractivity contribution is 5.97. The minimum Gasteiger partial charge on any atom is -0.354 e. The highest BCUT2D eigenvalue weighted by Gasteiger charge is 2.16. The highest BCUT2D eigenvalue weighted by atomic mass is 16.2. The summed E-state index contributed by atoms with van der Waals surface area (Å²) in [4.78, 5) is 28.5. The zero-order valence-electron chi connectivity index (χ0n) is 10.5. The number of nitrogens with one attached hydrogen (secondary N) is 1. The average molecular weight is 256 g/mol. The molecule has 96 valence electrons. The molecule has 0 atom stereocenters. The van der Waals surface area contributed by atoms with Crippen LogP contribution in [0.15, 0.2) is 35.3 Å². The van der Waals surface area contributed by atoms with Crippen LogP contribution in [0.25, 0.3) is 16.7 Å².